The van der Waals surface area contributed by atoms with Crippen molar-refractivity contribution in [1.29, 1.82) is 0 Å². The quantitative estimate of drug-likeness (QED) is 0.399. The van der Waals surface area contributed by atoms with Gasteiger partial charge in [0.25, 0.3) is 11.5 Å². The lowest BCUT2D eigenvalue weighted by Gasteiger charge is -2.33. The smallest absolute Gasteiger partial charge is 0.369 e. The Hall–Kier alpha value is -3.75. The number of nitrogens with zero attached hydrogens (tertiary/aromatic N) is 3. The number of alkyl halides is 9. The van der Waals surface area contributed by atoms with Crippen LogP contribution in [0.3, 0.4) is 0 Å². The second-order valence-electron chi connectivity index (χ2n) is 8.26. The second kappa shape index (κ2) is 9.85. The van der Waals surface area contributed by atoms with Crippen LogP contribution in [0.2, 0.25) is 0 Å². The van der Waals surface area contributed by atoms with E-state index in [9.17, 15) is 49.4 Å². The summed E-state index contributed by atoms with van der Waals surface area (Å²) in [7, 11) is 0. The molecule has 2 heterocycles. The number of hydrogen-bond acceptors (Lipinski definition) is 5. The molecule has 0 radical (unpaired) electrons. The highest BCUT2D eigenvalue weighted by Crippen LogP contribution is 2.50. The van der Waals surface area contributed by atoms with E-state index in [-0.39, 0.29) is 22.9 Å². The van der Waals surface area contributed by atoms with Crippen molar-refractivity contribution in [3.8, 4) is 11.3 Å². The number of nitrogens with one attached hydrogen (secondary N) is 1. The van der Waals surface area contributed by atoms with Crippen LogP contribution in [0.4, 0.5) is 39.5 Å². The Kier molecular flexibility index (Phi) is 7.47. The molecule has 1 atom stereocenters. The van der Waals surface area contributed by atoms with E-state index in [1.807, 2.05) is 0 Å². The predicted octanol–water partition coefficient (Wildman–Crippen LogP) is 5.67. The molecule has 0 saturated carbocycles. The first-order valence-corrected chi connectivity index (χ1v) is 10.5. The van der Waals surface area contributed by atoms with E-state index in [2.05, 4.69) is 20.3 Å². The van der Waals surface area contributed by atoms with Gasteiger partial charge in [0.2, 0.25) is 5.82 Å². The molecule has 0 saturated heterocycles. The van der Waals surface area contributed by atoms with Crippen molar-refractivity contribution in [2.75, 3.05) is 0 Å². The maximum Gasteiger partial charge on any atom is 0.451 e. The van der Waals surface area contributed by atoms with Crippen molar-refractivity contribution in [2.45, 2.75) is 44.0 Å². The van der Waals surface area contributed by atoms with Gasteiger partial charge in [0.15, 0.2) is 0 Å². The largest absolute Gasteiger partial charge is 0.451 e. The molecule has 0 aliphatic heterocycles. The number of aromatic nitrogens is 3. The lowest BCUT2D eigenvalue weighted by molar-refractivity contribution is -0.376. The van der Waals surface area contributed by atoms with Crippen molar-refractivity contribution >= 4 is 5.91 Å². The number of aryl methyl sites for hydroxylation is 1. The van der Waals surface area contributed by atoms with Gasteiger partial charge in [-0.15, -0.1) is 0 Å². The van der Waals surface area contributed by atoms with Crippen LogP contribution in [0, 0.1) is 6.92 Å². The average Bonchev–Trinajstić information content (AvgIpc) is 2.81. The van der Waals surface area contributed by atoms with E-state index in [4.69, 9.17) is 0 Å². The number of benzene rings is 1. The van der Waals surface area contributed by atoms with Crippen molar-refractivity contribution < 1.29 is 49.4 Å². The van der Waals surface area contributed by atoms with Crippen molar-refractivity contribution in [3.63, 3.8) is 0 Å². The van der Waals surface area contributed by atoms with Crippen LogP contribution in [-0.2, 0) is 11.8 Å². The summed E-state index contributed by atoms with van der Waals surface area (Å²) in [5, 5.41) is 12.2. The average molecular weight is 552 g/mol. The van der Waals surface area contributed by atoms with Gasteiger partial charge in [-0.05, 0) is 43.7 Å². The first-order chi connectivity index (χ1) is 17.3. The van der Waals surface area contributed by atoms with Gasteiger partial charge in [0.1, 0.15) is 0 Å². The fourth-order valence-electron chi connectivity index (χ4n) is 3.31. The summed E-state index contributed by atoms with van der Waals surface area (Å²) in [6.07, 6.45) is -14.5. The Morgan fingerprint density at radius 1 is 0.868 bits per heavy atom. The maximum atomic E-state index is 13.6. The summed E-state index contributed by atoms with van der Waals surface area (Å²) < 4.78 is 119. The van der Waals surface area contributed by atoms with Gasteiger partial charge in [-0.1, -0.05) is 6.07 Å². The maximum absolute atomic E-state index is 13.6. The lowest BCUT2D eigenvalue weighted by Crippen LogP contribution is -2.54. The molecule has 0 aliphatic carbocycles. The molecule has 0 aliphatic rings. The van der Waals surface area contributed by atoms with Gasteiger partial charge in [-0.3, -0.25) is 9.78 Å². The summed E-state index contributed by atoms with van der Waals surface area (Å²) in [6.45, 7) is 2.91. The first-order valence-electron chi connectivity index (χ1n) is 10.5. The third-order valence-corrected chi connectivity index (χ3v) is 5.41. The van der Waals surface area contributed by atoms with Crippen molar-refractivity contribution in [2.24, 2.45) is 0 Å². The molecule has 2 N–H and O–H groups in total. The summed E-state index contributed by atoms with van der Waals surface area (Å²) >= 11 is 0. The van der Waals surface area contributed by atoms with E-state index in [1.165, 1.54) is 25.3 Å². The van der Waals surface area contributed by atoms with Gasteiger partial charge in [-0.2, -0.15) is 39.5 Å². The number of hydrogen-bond donors (Lipinski definition) is 2. The van der Waals surface area contributed by atoms with E-state index >= 15 is 0 Å². The topological polar surface area (TPSA) is 88.0 Å². The Morgan fingerprint density at radius 2 is 1.45 bits per heavy atom. The lowest BCUT2D eigenvalue weighted by atomic mass is 9.88. The number of carbonyl (C=O) groups excluding carboxylic acids is 1. The van der Waals surface area contributed by atoms with E-state index in [1.54, 1.807) is 6.92 Å². The molecule has 1 aromatic carbocycles. The van der Waals surface area contributed by atoms with Gasteiger partial charge >= 0.3 is 18.5 Å². The highest BCUT2D eigenvalue weighted by atomic mass is 19.4. The Balaban J connectivity index is 2.08. The van der Waals surface area contributed by atoms with Crippen LogP contribution in [0.5, 0.6) is 0 Å². The zero-order valence-electron chi connectivity index (χ0n) is 19.3. The Bertz CT molecular complexity index is 1290. The molecule has 0 fully saturated rings. The number of rotatable bonds is 5. The minimum Gasteiger partial charge on any atom is -0.369 e. The monoisotopic (exact) mass is 552 g/mol. The molecule has 1 amide bonds. The first kappa shape index (κ1) is 28.8. The van der Waals surface area contributed by atoms with Crippen LogP contribution in [-0.4, -0.2) is 38.3 Å². The van der Waals surface area contributed by atoms with Crippen molar-refractivity contribution in [1.82, 2.24) is 20.3 Å². The molecule has 2 aromatic heterocycles. The molecular weight excluding hydrogens is 535 g/mol. The number of carbonyl (C=O) groups is 1. The molecule has 38 heavy (non-hydrogen) atoms. The van der Waals surface area contributed by atoms with Crippen LogP contribution in [0.25, 0.3) is 11.3 Å². The highest BCUT2D eigenvalue weighted by Gasteiger charge is 2.71. The molecule has 3 aromatic rings. The van der Waals surface area contributed by atoms with E-state index < -0.39 is 53.0 Å². The number of halogens is 9. The van der Waals surface area contributed by atoms with Gasteiger partial charge in [0, 0.05) is 40.8 Å². The summed E-state index contributed by atoms with van der Waals surface area (Å²) in [4.78, 5) is 23.1. The van der Waals surface area contributed by atoms with Gasteiger partial charge < -0.3 is 10.4 Å². The Labute approximate surface area is 208 Å². The van der Waals surface area contributed by atoms with Crippen LogP contribution >= 0.6 is 0 Å². The standard InChI is InChI=1S/C23H17F9N4O2/c1-11-3-4-17(33-8-11)13-5-14(7-16(6-13)20(38,22(27,28)29)23(30,31)32)18(37)36-12(2)15-9-34-19(35-10-15)21(24,25)26/h3-10,12,38H,1-2H3,(H,36,37)/t12-/m1/s1. The molecule has 15 heteroatoms. The minimum absolute atomic E-state index is 0.0370. The van der Waals surface area contributed by atoms with E-state index in [0.717, 1.165) is 18.5 Å². The SMILES string of the molecule is Cc1ccc(-c2cc(C(=O)N[C@H](C)c3cnc(C(F)(F)F)nc3)cc(C(O)(C(F)(F)F)C(F)(F)F)c2)nc1. The molecule has 0 spiro atoms. The molecular formula is C23H17F9N4O2. The molecule has 0 bridgehead atoms. The number of pyridine rings is 1. The number of amides is 1. The van der Waals surface area contributed by atoms with Crippen LogP contribution in [0.1, 0.15) is 45.8 Å². The normalized spacial score (nSPS) is 13.8. The van der Waals surface area contributed by atoms with Crippen LogP contribution in [0.15, 0.2) is 48.9 Å². The summed E-state index contributed by atoms with van der Waals surface area (Å²) in [5.41, 5.74) is -7.59. The zero-order chi connectivity index (χ0) is 28.7. The fourth-order valence-corrected chi connectivity index (χ4v) is 3.31. The molecule has 3 rings (SSSR count). The van der Waals surface area contributed by atoms with Gasteiger partial charge in [-0.25, -0.2) is 9.97 Å². The zero-order valence-corrected chi connectivity index (χ0v) is 19.3. The van der Waals surface area contributed by atoms with Crippen molar-refractivity contribution in [3.05, 3.63) is 77.0 Å². The second-order valence-corrected chi connectivity index (χ2v) is 8.26. The van der Waals surface area contributed by atoms with E-state index in [0.29, 0.717) is 11.6 Å². The molecule has 6 nitrogen and oxygen atoms in total. The summed E-state index contributed by atoms with van der Waals surface area (Å²) in [5.74, 6) is -2.65. The van der Waals surface area contributed by atoms with Crippen LogP contribution < -0.4 is 5.32 Å². The van der Waals surface area contributed by atoms with Gasteiger partial charge in [0.05, 0.1) is 11.7 Å². The molecule has 204 valence electrons. The Morgan fingerprint density at radius 3 is 1.92 bits per heavy atom. The summed E-state index contributed by atoms with van der Waals surface area (Å²) in [6, 6.07) is 3.25. The molecule has 0 unspecified atom stereocenters. The minimum atomic E-state index is -6.22. The number of aliphatic hydroxyl groups is 1. The third-order valence-electron chi connectivity index (χ3n) is 5.41. The predicted molar refractivity (Wildman–Crippen MR) is 113 cm³/mol. The fraction of sp³-hybridized carbons (Fsp3) is 0.304. The third kappa shape index (κ3) is 5.71. The highest BCUT2D eigenvalue weighted by molar-refractivity contribution is 5.96.